The summed E-state index contributed by atoms with van der Waals surface area (Å²) in [6, 6.07) is 0. The van der Waals surface area contributed by atoms with Gasteiger partial charge in [-0.15, -0.1) is 0 Å². The van der Waals surface area contributed by atoms with Crippen molar-refractivity contribution in [3.05, 3.63) is 0 Å². The Labute approximate surface area is 254 Å². The number of carbonyl (C=O) groups is 2. The van der Waals surface area contributed by atoms with Crippen molar-refractivity contribution < 1.29 is 63.9 Å². The zero-order valence-corrected chi connectivity index (χ0v) is 26.0. The number of carbonyl (C=O) groups excluding carboxylic acids is 1. The Morgan fingerprint density at radius 3 is 1.77 bits per heavy atom. The molecule has 252 valence electrons. The summed E-state index contributed by atoms with van der Waals surface area (Å²) in [6.07, 6.45) is -7.43. The van der Waals surface area contributed by atoms with Crippen LogP contribution < -0.4 is 0 Å². The second kappa shape index (κ2) is 19.2. The number of carboxylic acids is 1. The number of rotatable bonds is 19. The maximum atomic E-state index is 13.0. The maximum absolute atomic E-state index is 13.0. The minimum Gasteiger partial charge on any atom is -0.481 e. The first-order chi connectivity index (χ1) is 20.4. The summed E-state index contributed by atoms with van der Waals surface area (Å²) in [4.78, 5) is 24.4. The molecule has 0 aliphatic carbocycles. The first kappa shape index (κ1) is 37.8. The molecule has 6 N–H and O–H groups in total. The smallest absolute Gasteiger partial charge is 0.308 e. The van der Waals surface area contributed by atoms with Crippen molar-refractivity contribution in [1.82, 2.24) is 0 Å². The minimum atomic E-state index is -1.67. The Morgan fingerprint density at radius 1 is 0.674 bits per heavy atom. The van der Waals surface area contributed by atoms with Gasteiger partial charge in [-0.3, -0.25) is 9.59 Å². The third-order valence-electron chi connectivity index (χ3n) is 8.06. The molecule has 43 heavy (non-hydrogen) atoms. The summed E-state index contributed by atoms with van der Waals surface area (Å²) >= 11 is 0. The van der Waals surface area contributed by atoms with Crippen molar-refractivity contribution in [2.45, 2.75) is 178 Å². The molecule has 0 saturated carbocycles. The summed E-state index contributed by atoms with van der Waals surface area (Å²) in [7, 11) is 0. The van der Waals surface area contributed by atoms with Crippen molar-refractivity contribution in [2.75, 3.05) is 0 Å². The van der Waals surface area contributed by atoms with E-state index in [1.807, 2.05) is 0 Å². The van der Waals surface area contributed by atoms with E-state index in [0.717, 1.165) is 44.9 Å². The number of esters is 1. The second-order valence-corrected chi connectivity index (χ2v) is 11.8. The average molecular weight is 623 g/mol. The van der Waals surface area contributed by atoms with E-state index < -0.39 is 85.6 Å². The molecule has 13 heteroatoms. The second-order valence-electron chi connectivity index (χ2n) is 11.8. The quantitative estimate of drug-likeness (QED) is 0.0900. The molecule has 2 aliphatic rings. The summed E-state index contributed by atoms with van der Waals surface area (Å²) in [5.74, 6) is -1.68. The zero-order valence-electron chi connectivity index (χ0n) is 26.0. The number of aliphatic hydroxyl groups excluding tert-OH is 5. The Hall–Kier alpha value is -1.42. The largest absolute Gasteiger partial charge is 0.481 e. The Kier molecular flexibility index (Phi) is 16.8. The van der Waals surface area contributed by atoms with Crippen LogP contribution in [0.3, 0.4) is 0 Å². The predicted octanol–water partition coefficient (Wildman–Crippen LogP) is 1.77. The molecule has 12 atom stereocenters. The standard InChI is InChI=1S/C30H54O13/c1-5-7-9-11-13-19(15-21(31)32)41-22(33)16-20(14-12-10-8-6-2)42-30-28(26(37)24(35)18(4)40-30)43-29-27(38)25(36)23(34)17(3)39-29/h17-20,23-30,34-38H,5-16H2,1-4H3,(H,31,32)/t17-,18-,19?,20?,23-,24-,25+,26+,27+,28+,29-,30-/m0/s1. The SMILES string of the molecule is CCCCCCC(CC(=O)O)OC(=O)CC(CCCCCC)O[C@@H]1O[C@@H](C)[C@H](O)[C@@H](O)[C@H]1O[C@@H]1O[C@@H](C)[C@H](O)[C@@H](O)[C@H]1O. The lowest BCUT2D eigenvalue weighted by Gasteiger charge is -2.46. The van der Waals surface area contributed by atoms with Gasteiger partial charge in [-0.05, 0) is 33.1 Å². The van der Waals surface area contributed by atoms with Crippen molar-refractivity contribution in [3.63, 3.8) is 0 Å². The van der Waals surface area contributed by atoms with Crippen LogP contribution in [-0.4, -0.2) is 116 Å². The van der Waals surface area contributed by atoms with Gasteiger partial charge in [-0.2, -0.15) is 0 Å². The lowest BCUT2D eigenvalue weighted by atomic mass is 9.97. The third-order valence-corrected chi connectivity index (χ3v) is 8.06. The fraction of sp³-hybridized carbons (Fsp3) is 0.933. The van der Waals surface area contributed by atoms with Gasteiger partial charge in [-0.25, -0.2) is 0 Å². The molecular weight excluding hydrogens is 568 g/mol. The Bertz CT molecular complexity index is 813. The highest BCUT2D eigenvalue weighted by molar-refractivity contribution is 5.72. The van der Waals surface area contributed by atoms with E-state index in [2.05, 4.69) is 13.8 Å². The molecule has 0 radical (unpaired) electrons. The van der Waals surface area contributed by atoms with Gasteiger partial charge >= 0.3 is 11.9 Å². The molecule has 0 spiro atoms. The zero-order chi connectivity index (χ0) is 32.1. The first-order valence-corrected chi connectivity index (χ1v) is 15.8. The highest BCUT2D eigenvalue weighted by Gasteiger charge is 2.50. The Balaban J connectivity index is 2.17. The van der Waals surface area contributed by atoms with E-state index in [0.29, 0.717) is 19.3 Å². The number of ether oxygens (including phenoxy) is 5. The molecule has 0 aromatic rings. The summed E-state index contributed by atoms with van der Waals surface area (Å²) in [5.41, 5.74) is 0. The number of aliphatic carboxylic acids is 1. The molecule has 0 amide bonds. The highest BCUT2D eigenvalue weighted by Crippen LogP contribution is 2.31. The van der Waals surface area contributed by atoms with E-state index in [1.165, 1.54) is 13.8 Å². The van der Waals surface area contributed by atoms with Crippen LogP contribution in [0.2, 0.25) is 0 Å². The van der Waals surface area contributed by atoms with Crippen LogP contribution in [0.1, 0.15) is 105 Å². The predicted molar refractivity (Wildman–Crippen MR) is 153 cm³/mol. The normalized spacial score (nSPS) is 34.4. The highest BCUT2D eigenvalue weighted by atomic mass is 16.8. The van der Waals surface area contributed by atoms with E-state index in [-0.39, 0.29) is 12.8 Å². The third kappa shape index (κ3) is 12.1. The van der Waals surface area contributed by atoms with Crippen LogP contribution in [0, 0.1) is 0 Å². The number of hydrogen-bond acceptors (Lipinski definition) is 12. The van der Waals surface area contributed by atoms with Gasteiger partial charge < -0.3 is 54.3 Å². The Morgan fingerprint density at radius 2 is 1.21 bits per heavy atom. The van der Waals surface area contributed by atoms with Gasteiger partial charge in [0.05, 0.1) is 31.2 Å². The van der Waals surface area contributed by atoms with E-state index in [9.17, 15) is 40.2 Å². The molecule has 0 aromatic carbocycles. The van der Waals surface area contributed by atoms with Gasteiger partial charge in [0, 0.05) is 0 Å². The van der Waals surface area contributed by atoms with Crippen LogP contribution in [-0.2, 0) is 33.3 Å². The van der Waals surface area contributed by atoms with Crippen LogP contribution in [0.5, 0.6) is 0 Å². The lowest BCUT2D eigenvalue weighted by molar-refractivity contribution is -0.366. The van der Waals surface area contributed by atoms with Crippen molar-refractivity contribution in [2.24, 2.45) is 0 Å². The van der Waals surface area contributed by atoms with Crippen LogP contribution in [0.4, 0.5) is 0 Å². The first-order valence-electron chi connectivity index (χ1n) is 15.8. The average Bonchev–Trinajstić information content (AvgIpc) is 2.95. The van der Waals surface area contributed by atoms with Gasteiger partial charge in [0.15, 0.2) is 12.6 Å². The van der Waals surface area contributed by atoms with Crippen LogP contribution in [0.25, 0.3) is 0 Å². The number of hydrogen-bond donors (Lipinski definition) is 6. The van der Waals surface area contributed by atoms with Gasteiger partial charge in [0.2, 0.25) is 0 Å². The molecule has 13 nitrogen and oxygen atoms in total. The number of carboxylic acid groups (broad SMARTS) is 1. The lowest BCUT2D eigenvalue weighted by Crippen LogP contribution is -2.63. The number of aliphatic hydroxyl groups is 5. The van der Waals surface area contributed by atoms with Gasteiger partial charge in [0.25, 0.3) is 0 Å². The fourth-order valence-corrected chi connectivity index (χ4v) is 5.36. The molecule has 2 unspecified atom stereocenters. The number of unbranched alkanes of at least 4 members (excludes halogenated alkanes) is 6. The molecule has 2 saturated heterocycles. The van der Waals surface area contributed by atoms with Crippen LogP contribution >= 0.6 is 0 Å². The molecule has 2 heterocycles. The maximum Gasteiger partial charge on any atom is 0.308 e. The molecule has 0 aromatic heterocycles. The summed E-state index contributed by atoms with van der Waals surface area (Å²) < 4.78 is 28.9. The van der Waals surface area contributed by atoms with E-state index >= 15 is 0 Å². The minimum absolute atomic E-state index is 0.207. The summed E-state index contributed by atoms with van der Waals surface area (Å²) in [6.45, 7) is 7.15. The summed E-state index contributed by atoms with van der Waals surface area (Å²) in [5, 5.41) is 61.4. The van der Waals surface area contributed by atoms with E-state index in [4.69, 9.17) is 23.7 Å². The van der Waals surface area contributed by atoms with Gasteiger partial charge in [0.1, 0.15) is 42.7 Å². The molecular formula is C30H54O13. The van der Waals surface area contributed by atoms with Crippen molar-refractivity contribution >= 4 is 11.9 Å². The molecule has 0 bridgehead atoms. The van der Waals surface area contributed by atoms with Crippen molar-refractivity contribution in [1.29, 1.82) is 0 Å². The topological polar surface area (TPSA) is 202 Å². The molecule has 2 rings (SSSR count). The monoisotopic (exact) mass is 622 g/mol. The fourth-order valence-electron chi connectivity index (χ4n) is 5.36. The molecule has 2 aliphatic heterocycles. The van der Waals surface area contributed by atoms with Crippen molar-refractivity contribution in [3.8, 4) is 0 Å². The molecule has 2 fully saturated rings. The van der Waals surface area contributed by atoms with Crippen LogP contribution in [0.15, 0.2) is 0 Å². The van der Waals surface area contributed by atoms with Gasteiger partial charge in [-0.1, -0.05) is 58.8 Å². The van der Waals surface area contributed by atoms with E-state index in [1.54, 1.807) is 0 Å².